The molecule has 3 heteroatoms. The summed E-state index contributed by atoms with van der Waals surface area (Å²) in [5, 5.41) is 10.6. The van der Waals surface area contributed by atoms with Crippen molar-refractivity contribution in [3.8, 4) is 0 Å². The molecular formula is C14H24O3. The lowest BCUT2D eigenvalue weighted by atomic mass is 9.84. The smallest absolute Gasteiger partial charge is 0.339 e. The minimum Gasteiger partial charge on any atom is -0.461 e. The fourth-order valence-corrected chi connectivity index (χ4v) is 2.44. The van der Waals surface area contributed by atoms with Crippen LogP contribution in [0.3, 0.4) is 0 Å². The predicted octanol–water partition coefficient (Wildman–Crippen LogP) is 2.68. The van der Waals surface area contributed by atoms with Gasteiger partial charge in [0.05, 0.1) is 6.10 Å². The highest BCUT2D eigenvalue weighted by Gasteiger charge is 2.52. The van der Waals surface area contributed by atoms with Crippen molar-refractivity contribution in [2.45, 2.75) is 58.7 Å². The first-order chi connectivity index (χ1) is 7.92. The molecule has 1 aliphatic rings. The summed E-state index contributed by atoms with van der Waals surface area (Å²) in [5.74, 6) is -0.618. The van der Waals surface area contributed by atoms with Gasteiger partial charge < -0.3 is 9.84 Å². The second kappa shape index (κ2) is 5.67. The first-order valence-corrected chi connectivity index (χ1v) is 6.53. The maximum atomic E-state index is 12.1. The van der Waals surface area contributed by atoms with E-state index in [1.165, 1.54) is 0 Å². The number of allylic oxidation sites excluding steroid dienone is 1. The van der Waals surface area contributed by atoms with E-state index in [-0.39, 0.29) is 17.9 Å². The molecule has 0 heterocycles. The van der Waals surface area contributed by atoms with Gasteiger partial charge >= 0.3 is 5.97 Å². The van der Waals surface area contributed by atoms with Crippen LogP contribution in [-0.2, 0) is 9.53 Å². The second-order valence-corrected chi connectivity index (χ2v) is 5.20. The molecule has 1 fully saturated rings. The number of rotatable bonds is 4. The predicted molar refractivity (Wildman–Crippen MR) is 67.5 cm³/mol. The highest BCUT2D eigenvalue weighted by molar-refractivity contribution is 5.81. The molecule has 0 spiro atoms. The van der Waals surface area contributed by atoms with Crippen LogP contribution in [0.25, 0.3) is 0 Å². The van der Waals surface area contributed by atoms with Crippen LogP contribution >= 0.6 is 0 Å². The molecule has 1 aliphatic carbocycles. The van der Waals surface area contributed by atoms with Crippen molar-refractivity contribution in [2.75, 3.05) is 0 Å². The van der Waals surface area contributed by atoms with E-state index >= 15 is 0 Å². The van der Waals surface area contributed by atoms with E-state index in [9.17, 15) is 9.90 Å². The number of esters is 1. The van der Waals surface area contributed by atoms with E-state index in [0.717, 1.165) is 19.3 Å². The SMILES string of the molecule is CC/C=C/[C@H]1CC[C@H](C)[C@]1(O)C(=O)OC(C)C. The third-order valence-electron chi connectivity index (χ3n) is 3.50. The van der Waals surface area contributed by atoms with E-state index in [2.05, 4.69) is 0 Å². The molecule has 0 aromatic rings. The lowest BCUT2D eigenvalue weighted by molar-refractivity contribution is -0.176. The molecular weight excluding hydrogens is 216 g/mol. The molecule has 3 nitrogen and oxygen atoms in total. The average Bonchev–Trinajstić information content (AvgIpc) is 2.53. The van der Waals surface area contributed by atoms with E-state index in [0.29, 0.717) is 0 Å². The number of hydrogen-bond donors (Lipinski definition) is 1. The third kappa shape index (κ3) is 2.89. The number of ether oxygens (including phenoxy) is 1. The number of carbonyl (C=O) groups excluding carboxylic acids is 1. The molecule has 0 unspecified atom stereocenters. The molecule has 1 saturated carbocycles. The van der Waals surface area contributed by atoms with Gasteiger partial charge in [-0.15, -0.1) is 0 Å². The normalized spacial score (nSPS) is 33.5. The molecule has 0 radical (unpaired) electrons. The van der Waals surface area contributed by atoms with E-state index in [1.54, 1.807) is 13.8 Å². The van der Waals surface area contributed by atoms with E-state index in [1.807, 2.05) is 26.0 Å². The van der Waals surface area contributed by atoms with Gasteiger partial charge in [-0.2, -0.15) is 0 Å². The van der Waals surface area contributed by atoms with Crippen molar-refractivity contribution in [1.82, 2.24) is 0 Å². The van der Waals surface area contributed by atoms with Gasteiger partial charge in [0, 0.05) is 5.92 Å². The molecule has 17 heavy (non-hydrogen) atoms. The Bertz CT molecular complexity index is 296. The Labute approximate surface area is 104 Å². The Kier molecular flexibility index (Phi) is 4.75. The Morgan fingerprint density at radius 3 is 2.71 bits per heavy atom. The van der Waals surface area contributed by atoms with Crippen LogP contribution in [0.1, 0.15) is 47.0 Å². The topological polar surface area (TPSA) is 46.5 Å². The standard InChI is InChI=1S/C14H24O3/c1-5-6-7-12-9-8-11(4)14(12,16)13(15)17-10(2)3/h6-7,10-12,16H,5,8-9H2,1-4H3/b7-6+/t11-,12-,14+/m0/s1. The van der Waals surface area contributed by atoms with Crippen LogP contribution in [0.5, 0.6) is 0 Å². The first kappa shape index (κ1) is 14.2. The van der Waals surface area contributed by atoms with Crippen molar-refractivity contribution in [3.63, 3.8) is 0 Å². The highest BCUT2D eigenvalue weighted by atomic mass is 16.6. The number of hydrogen-bond acceptors (Lipinski definition) is 3. The quantitative estimate of drug-likeness (QED) is 0.607. The average molecular weight is 240 g/mol. The summed E-state index contributed by atoms with van der Waals surface area (Å²) in [6.07, 6.45) is 6.42. The summed E-state index contributed by atoms with van der Waals surface area (Å²) in [6, 6.07) is 0. The summed E-state index contributed by atoms with van der Waals surface area (Å²) in [6.45, 7) is 7.57. The number of carbonyl (C=O) groups is 1. The minimum absolute atomic E-state index is 0.0414. The van der Waals surface area contributed by atoms with Crippen LogP contribution in [0.15, 0.2) is 12.2 Å². The lowest BCUT2D eigenvalue weighted by Crippen LogP contribution is -2.48. The van der Waals surface area contributed by atoms with Gasteiger partial charge in [0.25, 0.3) is 0 Å². The monoisotopic (exact) mass is 240 g/mol. The van der Waals surface area contributed by atoms with Crippen molar-refractivity contribution >= 4 is 5.97 Å². The van der Waals surface area contributed by atoms with Crippen molar-refractivity contribution in [1.29, 1.82) is 0 Å². The van der Waals surface area contributed by atoms with Gasteiger partial charge in [-0.1, -0.05) is 26.0 Å². The van der Waals surface area contributed by atoms with Crippen LogP contribution in [0.2, 0.25) is 0 Å². The Balaban J connectivity index is 2.87. The Hall–Kier alpha value is -0.830. The van der Waals surface area contributed by atoms with Gasteiger partial charge in [-0.05, 0) is 39.0 Å². The Morgan fingerprint density at radius 1 is 1.53 bits per heavy atom. The zero-order valence-corrected chi connectivity index (χ0v) is 11.3. The molecule has 0 aromatic carbocycles. The summed E-state index contributed by atoms with van der Waals surface area (Å²) in [5.41, 5.74) is -1.34. The zero-order valence-electron chi connectivity index (χ0n) is 11.3. The van der Waals surface area contributed by atoms with Gasteiger partial charge in [0.1, 0.15) is 0 Å². The van der Waals surface area contributed by atoms with Crippen LogP contribution in [0, 0.1) is 11.8 Å². The lowest BCUT2D eigenvalue weighted by Gasteiger charge is -2.30. The van der Waals surface area contributed by atoms with Gasteiger partial charge in [-0.3, -0.25) is 0 Å². The summed E-state index contributed by atoms with van der Waals surface area (Å²) in [4.78, 5) is 12.1. The van der Waals surface area contributed by atoms with Crippen molar-refractivity contribution in [2.24, 2.45) is 11.8 Å². The maximum Gasteiger partial charge on any atom is 0.339 e. The first-order valence-electron chi connectivity index (χ1n) is 6.53. The molecule has 0 aliphatic heterocycles. The highest BCUT2D eigenvalue weighted by Crippen LogP contribution is 2.42. The fourth-order valence-electron chi connectivity index (χ4n) is 2.44. The molecule has 1 N–H and O–H groups in total. The largest absolute Gasteiger partial charge is 0.461 e. The van der Waals surface area contributed by atoms with Gasteiger partial charge in [0.15, 0.2) is 5.60 Å². The molecule has 0 bridgehead atoms. The summed E-state index contributed by atoms with van der Waals surface area (Å²) in [7, 11) is 0. The van der Waals surface area contributed by atoms with Crippen LogP contribution in [-0.4, -0.2) is 22.8 Å². The van der Waals surface area contributed by atoms with Gasteiger partial charge in [0.2, 0.25) is 0 Å². The molecule has 0 amide bonds. The maximum absolute atomic E-state index is 12.1. The molecule has 1 rings (SSSR count). The molecule has 0 saturated heterocycles. The van der Waals surface area contributed by atoms with Crippen molar-refractivity contribution in [3.05, 3.63) is 12.2 Å². The summed E-state index contributed by atoms with van der Waals surface area (Å²) >= 11 is 0. The van der Waals surface area contributed by atoms with Gasteiger partial charge in [-0.25, -0.2) is 4.79 Å². The Morgan fingerprint density at radius 2 is 2.18 bits per heavy atom. The van der Waals surface area contributed by atoms with Crippen LogP contribution < -0.4 is 0 Å². The zero-order chi connectivity index (χ0) is 13.1. The third-order valence-corrected chi connectivity index (χ3v) is 3.50. The van der Waals surface area contributed by atoms with E-state index in [4.69, 9.17) is 4.74 Å². The number of aliphatic hydroxyl groups is 1. The fraction of sp³-hybridized carbons (Fsp3) is 0.786. The van der Waals surface area contributed by atoms with E-state index < -0.39 is 11.6 Å². The second-order valence-electron chi connectivity index (χ2n) is 5.20. The van der Waals surface area contributed by atoms with Crippen molar-refractivity contribution < 1.29 is 14.6 Å². The molecule has 0 aromatic heterocycles. The summed E-state index contributed by atoms with van der Waals surface area (Å²) < 4.78 is 5.19. The minimum atomic E-state index is -1.34. The molecule has 3 atom stereocenters. The molecule has 98 valence electrons. The van der Waals surface area contributed by atoms with Crippen LogP contribution in [0.4, 0.5) is 0 Å².